The molecule has 3 heterocycles. The number of carbonyl (C=O) groups excluding carboxylic acids is 1. The van der Waals surface area contributed by atoms with Crippen molar-refractivity contribution in [3.8, 4) is 0 Å². The maximum absolute atomic E-state index is 14.1. The van der Waals surface area contributed by atoms with E-state index in [9.17, 15) is 4.79 Å². The SMILES string of the molecule is COC(=O)[C@H]1O[C@@H](OCCCN=[N+]=[N-])[C@@H](OCc2ccccc2)[C@@H](OCc2ccccc2)[C@@H]1O[C@@H]1O[C@H]2CO[Si](C(C)(C)C)(C(C)(C)C)O[C@H]2[C@H](OCc2ccccc2)[C@@H]1OCc1ccccc1. The number of azide groups is 1. The van der Waals surface area contributed by atoms with Crippen LogP contribution in [-0.2, 0) is 82.7 Å². The van der Waals surface area contributed by atoms with E-state index in [0.29, 0.717) is 6.42 Å². The normalized spacial score (nSPS) is 27.1. The summed E-state index contributed by atoms with van der Waals surface area (Å²) in [6, 6.07) is 39.1. The molecular weight excluding hydrogens is 887 g/mol. The summed E-state index contributed by atoms with van der Waals surface area (Å²) in [5.74, 6) is -0.727. The van der Waals surface area contributed by atoms with Crippen LogP contribution in [-0.4, -0.2) is 103 Å². The Kier molecular flexibility index (Phi) is 18.0. The monoisotopic (exact) mass is 953 g/mol. The van der Waals surface area contributed by atoms with Gasteiger partial charge in [-0.1, -0.05) is 168 Å². The summed E-state index contributed by atoms with van der Waals surface area (Å²) in [5, 5.41) is 2.96. The molecular formula is C52H67N3O12Si. The van der Waals surface area contributed by atoms with Gasteiger partial charge in [0.2, 0.25) is 0 Å². The number of hydrogen-bond acceptors (Lipinski definition) is 13. The average molecular weight is 954 g/mol. The van der Waals surface area contributed by atoms with Crippen LogP contribution in [0.5, 0.6) is 0 Å². The van der Waals surface area contributed by atoms with Crippen molar-refractivity contribution in [1.29, 1.82) is 0 Å². The van der Waals surface area contributed by atoms with Crippen LogP contribution in [0, 0.1) is 0 Å². The van der Waals surface area contributed by atoms with Crippen molar-refractivity contribution in [2.45, 2.75) is 146 Å². The molecule has 0 N–H and O–H groups in total. The summed E-state index contributed by atoms with van der Waals surface area (Å²) in [5.41, 5.74) is 12.6. The number of methoxy groups -OCH3 is 1. The molecule has 366 valence electrons. The fourth-order valence-corrected chi connectivity index (χ4v) is 14.3. The van der Waals surface area contributed by atoms with Gasteiger partial charge in [-0.3, -0.25) is 0 Å². The number of carbonyl (C=O) groups is 1. The van der Waals surface area contributed by atoms with E-state index >= 15 is 0 Å². The van der Waals surface area contributed by atoms with E-state index in [1.165, 1.54) is 7.11 Å². The van der Waals surface area contributed by atoms with Crippen LogP contribution in [0.3, 0.4) is 0 Å². The second kappa shape index (κ2) is 23.9. The highest BCUT2D eigenvalue weighted by Crippen LogP contribution is 2.55. The summed E-state index contributed by atoms with van der Waals surface area (Å²) in [4.78, 5) is 17.0. The van der Waals surface area contributed by atoms with Gasteiger partial charge in [0.1, 0.15) is 42.7 Å². The Balaban J connectivity index is 1.31. The lowest BCUT2D eigenvalue weighted by Crippen LogP contribution is -2.72. The molecule has 0 aromatic heterocycles. The molecule has 7 rings (SSSR count). The first-order valence-electron chi connectivity index (χ1n) is 23.4. The molecule has 3 saturated heterocycles. The van der Waals surface area contributed by atoms with E-state index in [1.54, 1.807) is 0 Å². The van der Waals surface area contributed by atoms with Crippen molar-refractivity contribution in [3.05, 3.63) is 154 Å². The minimum Gasteiger partial charge on any atom is -0.467 e. The van der Waals surface area contributed by atoms with Crippen LogP contribution < -0.4 is 0 Å². The molecule has 4 aromatic carbocycles. The van der Waals surface area contributed by atoms with Crippen LogP contribution in [0.1, 0.15) is 70.2 Å². The van der Waals surface area contributed by atoms with E-state index in [2.05, 4.69) is 51.6 Å². The number of hydrogen-bond donors (Lipinski definition) is 0. The molecule has 0 amide bonds. The van der Waals surface area contributed by atoms with Crippen molar-refractivity contribution in [1.82, 2.24) is 0 Å². The van der Waals surface area contributed by atoms with E-state index in [-0.39, 0.29) is 56.3 Å². The lowest BCUT2D eigenvalue weighted by molar-refractivity contribution is -0.372. The fraction of sp³-hybridized carbons (Fsp3) is 0.519. The van der Waals surface area contributed by atoms with Crippen LogP contribution in [0.15, 0.2) is 126 Å². The lowest BCUT2D eigenvalue weighted by atomic mass is 9.95. The van der Waals surface area contributed by atoms with E-state index in [0.717, 1.165) is 22.3 Å². The lowest BCUT2D eigenvalue weighted by Gasteiger charge is -2.58. The van der Waals surface area contributed by atoms with Gasteiger partial charge in [0.25, 0.3) is 0 Å². The van der Waals surface area contributed by atoms with Crippen molar-refractivity contribution < 1.29 is 56.3 Å². The molecule has 0 radical (unpaired) electrons. The molecule has 0 aliphatic carbocycles. The van der Waals surface area contributed by atoms with Crippen LogP contribution in [0.4, 0.5) is 0 Å². The Labute approximate surface area is 401 Å². The fourth-order valence-electron chi connectivity index (χ4n) is 9.33. The Hall–Kier alpha value is -4.52. The van der Waals surface area contributed by atoms with Gasteiger partial charge < -0.3 is 51.5 Å². The molecule has 3 aliphatic heterocycles. The third-order valence-corrected chi connectivity index (χ3v) is 17.6. The number of esters is 1. The van der Waals surface area contributed by atoms with Crippen molar-refractivity contribution in [2.24, 2.45) is 5.11 Å². The summed E-state index contributed by atoms with van der Waals surface area (Å²) >= 11 is 0. The highest BCUT2D eigenvalue weighted by molar-refractivity contribution is 6.73. The molecule has 15 nitrogen and oxygen atoms in total. The van der Waals surface area contributed by atoms with Gasteiger partial charge in [-0.2, -0.15) is 0 Å². The van der Waals surface area contributed by atoms with Crippen LogP contribution >= 0.6 is 0 Å². The van der Waals surface area contributed by atoms with Crippen molar-refractivity contribution in [2.75, 3.05) is 26.9 Å². The van der Waals surface area contributed by atoms with Gasteiger partial charge in [-0.05, 0) is 34.2 Å². The number of nitrogens with zero attached hydrogens (tertiary/aromatic N) is 3. The largest absolute Gasteiger partial charge is 0.467 e. The second-order valence-corrected chi connectivity index (χ2v) is 24.1. The zero-order chi connectivity index (χ0) is 48.2. The standard InChI is InChI=1S/C52H67N3O12Si/c1-51(2,3)68(52(4,5)6)63-35-40-41(67-68)42(59-31-36-21-12-8-13-22-36)47(62-34-39-27-18-11-19-28-39)50(64-40)65-44-43(60-32-37-23-14-9-15-24-37)46(61-33-38-25-16-10-17-26-38)49(58-30-20-29-54-55-53)66-45(44)48(56)57-7/h8-19,21-28,40-47,49-50H,20,29-35H2,1-7H3/t40-,41+,42-,43-,44-,45-,46-,47-,49+,50-/m0/s1. The van der Waals surface area contributed by atoms with Crippen molar-refractivity contribution >= 4 is 14.5 Å². The molecule has 0 spiro atoms. The van der Waals surface area contributed by atoms with Gasteiger partial charge >= 0.3 is 14.5 Å². The van der Waals surface area contributed by atoms with Crippen molar-refractivity contribution in [3.63, 3.8) is 0 Å². The third kappa shape index (κ3) is 12.6. The van der Waals surface area contributed by atoms with Gasteiger partial charge in [-0.15, -0.1) is 0 Å². The van der Waals surface area contributed by atoms with E-state index < -0.39 is 75.9 Å². The number of fused-ring (bicyclic) bond motifs is 1. The highest BCUT2D eigenvalue weighted by atomic mass is 28.4. The van der Waals surface area contributed by atoms with Gasteiger partial charge in [0.15, 0.2) is 18.7 Å². The number of ether oxygens (including phenoxy) is 9. The Morgan fingerprint density at radius 2 is 1.09 bits per heavy atom. The maximum Gasteiger partial charge on any atom is 0.349 e. The summed E-state index contributed by atoms with van der Waals surface area (Å²) in [7, 11) is -1.81. The van der Waals surface area contributed by atoms with Gasteiger partial charge in [-0.25, -0.2) is 4.79 Å². The Morgan fingerprint density at radius 3 is 1.54 bits per heavy atom. The zero-order valence-electron chi connectivity index (χ0n) is 40.2. The number of rotatable bonds is 20. The Bertz CT molecular complexity index is 2180. The number of benzene rings is 4. The Morgan fingerprint density at radius 1 is 0.632 bits per heavy atom. The maximum atomic E-state index is 14.1. The predicted molar refractivity (Wildman–Crippen MR) is 255 cm³/mol. The minimum absolute atomic E-state index is 0.120. The molecule has 0 unspecified atom stereocenters. The quantitative estimate of drug-likeness (QED) is 0.0206. The first-order valence-corrected chi connectivity index (χ1v) is 25.2. The second-order valence-electron chi connectivity index (χ2n) is 19.3. The first kappa shape index (κ1) is 51.3. The predicted octanol–water partition coefficient (Wildman–Crippen LogP) is 9.51. The average Bonchev–Trinajstić information content (AvgIpc) is 3.34. The summed E-state index contributed by atoms with van der Waals surface area (Å²) in [6.45, 7) is 14.2. The van der Waals surface area contributed by atoms with Crippen LogP contribution in [0.2, 0.25) is 10.1 Å². The van der Waals surface area contributed by atoms with Crippen LogP contribution in [0.25, 0.3) is 10.4 Å². The minimum atomic E-state index is -3.09. The highest BCUT2D eigenvalue weighted by Gasteiger charge is 2.66. The molecule has 0 saturated carbocycles. The smallest absolute Gasteiger partial charge is 0.349 e. The van der Waals surface area contributed by atoms with Gasteiger partial charge in [0, 0.05) is 28.1 Å². The summed E-state index contributed by atoms with van der Waals surface area (Å²) in [6.07, 6.45) is -9.59. The van der Waals surface area contributed by atoms with Gasteiger partial charge in [0.05, 0.1) is 40.1 Å². The molecule has 3 fully saturated rings. The topological polar surface area (TPSA) is 167 Å². The molecule has 0 bridgehead atoms. The van der Waals surface area contributed by atoms with E-state index in [1.807, 2.05) is 121 Å². The zero-order valence-corrected chi connectivity index (χ0v) is 41.2. The molecule has 4 aromatic rings. The van der Waals surface area contributed by atoms with E-state index in [4.69, 9.17) is 57.0 Å². The molecule has 68 heavy (non-hydrogen) atoms. The third-order valence-electron chi connectivity index (χ3n) is 12.4. The molecule has 16 heteroatoms. The summed E-state index contributed by atoms with van der Waals surface area (Å²) < 4.78 is 74.6. The first-order chi connectivity index (χ1) is 32.8. The molecule has 3 aliphatic rings. The molecule has 10 atom stereocenters.